The Labute approximate surface area is 46.9 Å². The van der Waals surface area contributed by atoms with Gasteiger partial charge in [0.25, 0.3) is 0 Å². The third kappa shape index (κ3) is 0.430. The van der Waals surface area contributed by atoms with Crippen molar-refractivity contribution in [2.75, 3.05) is 0 Å². The van der Waals surface area contributed by atoms with Crippen molar-refractivity contribution in [3.8, 4) is 0 Å². The summed E-state index contributed by atoms with van der Waals surface area (Å²) in [6, 6.07) is 0. The van der Waals surface area contributed by atoms with Crippen LogP contribution >= 0.6 is 0 Å². The van der Waals surface area contributed by atoms with E-state index in [0.717, 1.165) is 15.6 Å². The van der Waals surface area contributed by atoms with Gasteiger partial charge in [-0.1, -0.05) is 0 Å². The minimum Gasteiger partial charge on any atom is 0.112 e. The Morgan fingerprint density at radius 2 is 1.33 bits per heavy atom. The Kier molecular flexibility index (Phi) is 0.820. The summed E-state index contributed by atoms with van der Waals surface area (Å²) in [5.74, 6) is 0. The normalized spacial score (nSPS) is 10.5. The van der Waals surface area contributed by atoms with Gasteiger partial charge in [-0.25, -0.2) is 0 Å². The number of hydrogen-bond acceptors (Lipinski definition) is 0. The molecule has 0 saturated carbocycles. The highest BCUT2D eigenvalue weighted by Gasteiger charge is 2.24. The molecule has 0 aliphatic rings. The predicted octanol–water partition coefficient (Wildman–Crippen LogP) is -2.78. The highest BCUT2D eigenvalue weighted by Crippen LogP contribution is 1.60. The molecule has 0 atom stereocenters. The van der Waals surface area contributed by atoms with Crippen LogP contribution in [0.1, 0.15) is 0 Å². The van der Waals surface area contributed by atoms with E-state index in [-0.39, 0.29) is 0 Å². The van der Waals surface area contributed by atoms with E-state index in [1.807, 2.05) is 0 Å². The first-order valence-corrected chi connectivity index (χ1v) is 3.00. The molecule has 0 amide bonds. The van der Waals surface area contributed by atoms with E-state index in [9.17, 15) is 0 Å². The van der Waals surface area contributed by atoms with Gasteiger partial charge in [0.1, 0.15) is 15.6 Å². The van der Waals surface area contributed by atoms with E-state index in [0.29, 0.717) is 0 Å². The summed E-state index contributed by atoms with van der Waals surface area (Å²) < 4.78 is 0. The smallest absolute Gasteiger partial charge is 0.112 e. The van der Waals surface area contributed by atoms with Crippen molar-refractivity contribution in [2.45, 2.75) is 0 Å². The van der Waals surface area contributed by atoms with Crippen LogP contribution in [0.25, 0.3) is 0 Å². The van der Waals surface area contributed by atoms with E-state index in [1.165, 1.54) is 0 Å². The zero-order valence-corrected chi connectivity index (χ0v) is 6.00. The van der Waals surface area contributed by atoms with Gasteiger partial charge < -0.3 is 0 Å². The quantitative estimate of drug-likeness (QED) is 0.257. The second kappa shape index (κ2) is 1.11. The minimum atomic E-state index is 1.14. The first-order chi connectivity index (χ1) is 2.73. The second-order valence-electron chi connectivity index (χ2n) is 1.12. The largest absolute Gasteiger partial charge is 0.221 e. The molecule has 1 aromatic rings. The summed E-state index contributed by atoms with van der Waals surface area (Å²) in [5, 5.41) is 3.43. The van der Waals surface area contributed by atoms with Gasteiger partial charge in [0, 0.05) is 0 Å². The zero-order chi connectivity index (χ0) is 4.73. The Balaban J connectivity index is 2.80. The van der Waals surface area contributed by atoms with Gasteiger partial charge in [0.15, 0.2) is 0 Å². The molecule has 0 N–H and O–H groups in total. The average Bonchev–Trinajstić information content (AvgIpc) is 1.94. The van der Waals surface area contributed by atoms with Crippen LogP contribution in [0.3, 0.4) is 0 Å². The molecule has 0 nitrogen and oxygen atoms in total. The predicted molar refractivity (Wildman–Crippen MR) is 29.4 cm³/mol. The van der Waals surface area contributed by atoms with Crippen LogP contribution in [0.4, 0.5) is 0 Å². The maximum atomic E-state index is 3.30. The Hall–Kier alpha value is 0.261. The van der Waals surface area contributed by atoms with Gasteiger partial charge in [0.2, 0.25) is 30.7 Å². The van der Waals surface area contributed by atoms with Crippen molar-refractivity contribution in [1.82, 2.24) is 0 Å². The number of rotatable bonds is 0. The summed E-state index contributed by atoms with van der Waals surface area (Å²) in [5.41, 5.74) is 0. The van der Waals surface area contributed by atoms with Crippen LogP contribution < -0.4 is 15.6 Å². The van der Waals surface area contributed by atoms with Gasteiger partial charge in [-0.05, 0) is 0 Å². The molecule has 0 aromatic heterocycles. The Morgan fingerprint density at radius 1 is 1.17 bits per heavy atom. The van der Waals surface area contributed by atoms with Crippen LogP contribution in [0, 0.1) is 0 Å². The van der Waals surface area contributed by atoms with Gasteiger partial charge in [-0.3, -0.25) is 0 Å². The SMILES string of the molecule is [Si]c1c([Si])[c+]1[Si]. The molecule has 9 radical (unpaired) electrons. The standard InChI is InChI=1S/C3Si3/c4-1-2(5)3(1)6/q+1. The number of hydrogen-bond donors (Lipinski definition) is 0. The van der Waals surface area contributed by atoms with E-state index in [2.05, 4.69) is 30.7 Å². The molecule has 0 aliphatic carbocycles. The lowest BCUT2D eigenvalue weighted by molar-refractivity contribution is 2.88. The molecule has 0 bridgehead atoms. The molecule has 0 fully saturated rings. The lowest BCUT2D eigenvalue weighted by Gasteiger charge is -1.34. The van der Waals surface area contributed by atoms with Gasteiger partial charge in [0.05, 0.1) is 0 Å². The highest BCUT2D eigenvalue weighted by molar-refractivity contribution is 6.72. The topological polar surface area (TPSA) is 0 Å². The molecule has 3 heteroatoms. The van der Waals surface area contributed by atoms with E-state index >= 15 is 0 Å². The zero-order valence-electron chi connectivity index (χ0n) is 3.00. The maximum absolute atomic E-state index is 3.30. The molecule has 23 valence electrons. The first-order valence-electron chi connectivity index (χ1n) is 1.50. The summed E-state index contributed by atoms with van der Waals surface area (Å²) in [4.78, 5) is 0. The fraction of sp³-hybridized carbons (Fsp3) is 0. The van der Waals surface area contributed by atoms with E-state index in [4.69, 9.17) is 0 Å². The van der Waals surface area contributed by atoms with Gasteiger partial charge >= 0.3 is 0 Å². The molecule has 6 heavy (non-hydrogen) atoms. The van der Waals surface area contributed by atoms with Crippen LogP contribution in [-0.4, -0.2) is 30.7 Å². The average molecular weight is 120 g/mol. The summed E-state index contributed by atoms with van der Waals surface area (Å²) >= 11 is 0. The Morgan fingerprint density at radius 3 is 1.33 bits per heavy atom. The molecule has 0 saturated heterocycles. The van der Waals surface area contributed by atoms with Crippen LogP contribution in [0.2, 0.25) is 0 Å². The molecule has 0 unspecified atom stereocenters. The molecular formula is C3Si3+. The summed E-state index contributed by atoms with van der Waals surface area (Å²) in [7, 11) is 9.91. The maximum Gasteiger partial charge on any atom is 0.221 e. The lowest BCUT2D eigenvalue weighted by atomic mass is 11.1. The molecule has 0 aliphatic heterocycles. The van der Waals surface area contributed by atoms with Gasteiger partial charge in [-0.15, -0.1) is 0 Å². The van der Waals surface area contributed by atoms with E-state index < -0.39 is 0 Å². The van der Waals surface area contributed by atoms with Crippen molar-refractivity contribution in [3.05, 3.63) is 0 Å². The fourth-order valence-electron chi connectivity index (χ4n) is 0.188. The molecule has 0 spiro atoms. The third-order valence-corrected chi connectivity index (χ3v) is 2.94. The van der Waals surface area contributed by atoms with Crippen molar-refractivity contribution in [2.24, 2.45) is 0 Å². The Bertz CT molecular complexity index is 96.3. The highest BCUT2D eigenvalue weighted by atomic mass is 28.2. The third-order valence-electron chi connectivity index (χ3n) is 0.688. The summed E-state index contributed by atoms with van der Waals surface area (Å²) in [6.45, 7) is 0. The second-order valence-corrected chi connectivity index (χ2v) is 2.62. The monoisotopic (exact) mass is 120 g/mol. The lowest BCUT2D eigenvalue weighted by Crippen LogP contribution is -1.98. The first kappa shape index (κ1) is 4.42. The molecular weight excluding hydrogens is 120 g/mol. The molecule has 0 heterocycles. The molecule has 1 rings (SSSR count). The molecule has 1 aromatic carbocycles. The van der Waals surface area contributed by atoms with Crippen molar-refractivity contribution >= 4 is 46.3 Å². The van der Waals surface area contributed by atoms with Crippen LogP contribution in [0.15, 0.2) is 0 Å². The van der Waals surface area contributed by atoms with Crippen molar-refractivity contribution < 1.29 is 0 Å². The van der Waals surface area contributed by atoms with Crippen molar-refractivity contribution in [1.29, 1.82) is 0 Å². The summed E-state index contributed by atoms with van der Waals surface area (Å²) in [6.07, 6.45) is 0. The van der Waals surface area contributed by atoms with Crippen LogP contribution in [0.5, 0.6) is 0 Å². The van der Waals surface area contributed by atoms with Crippen molar-refractivity contribution in [3.63, 3.8) is 0 Å². The fourth-order valence-corrected chi connectivity index (χ4v) is 1.12. The van der Waals surface area contributed by atoms with E-state index in [1.54, 1.807) is 0 Å². The minimum absolute atomic E-state index is 1.14. The van der Waals surface area contributed by atoms with Crippen LogP contribution in [-0.2, 0) is 0 Å². The van der Waals surface area contributed by atoms with Gasteiger partial charge in [-0.2, -0.15) is 0 Å².